The van der Waals surface area contributed by atoms with Gasteiger partial charge in [-0.05, 0) is 68.5 Å². The van der Waals surface area contributed by atoms with Gasteiger partial charge in [-0.25, -0.2) is 4.98 Å². The summed E-state index contributed by atoms with van der Waals surface area (Å²) in [5, 5.41) is 3.57. The first-order valence-corrected chi connectivity index (χ1v) is 8.33. The number of aryl methyl sites for hydroxylation is 2. The number of rotatable bonds is 6. The fraction of sp³-hybridized carbons (Fsp3) is 0.450. The normalized spacial score (nSPS) is 12.5. The molecular weight excluding hydrogens is 284 g/mol. The Hall–Kier alpha value is -2.03. The summed E-state index contributed by atoms with van der Waals surface area (Å²) >= 11 is 0. The molecule has 1 heterocycles. The van der Waals surface area contributed by atoms with Gasteiger partial charge < -0.3 is 10.1 Å². The van der Waals surface area contributed by atoms with E-state index in [1.54, 1.807) is 0 Å². The van der Waals surface area contributed by atoms with Crippen molar-refractivity contribution in [1.29, 1.82) is 0 Å². The standard InChI is InChI=1S/C20H28N2O/c1-13(2)20(22-19-11-15(5)9-10-21-19)17-7-8-18(16(6)12-17)23-14(3)4/h7-14,20H,1-6H3,(H,21,22). The summed E-state index contributed by atoms with van der Waals surface area (Å²) < 4.78 is 5.84. The van der Waals surface area contributed by atoms with Crippen molar-refractivity contribution in [1.82, 2.24) is 4.98 Å². The molecule has 0 aliphatic rings. The molecule has 1 aromatic carbocycles. The van der Waals surface area contributed by atoms with Crippen molar-refractivity contribution in [3.63, 3.8) is 0 Å². The van der Waals surface area contributed by atoms with E-state index in [0.29, 0.717) is 5.92 Å². The van der Waals surface area contributed by atoms with Crippen LogP contribution in [-0.4, -0.2) is 11.1 Å². The van der Waals surface area contributed by atoms with Crippen LogP contribution < -0.4 is 10.1 Å². The van der Waals surface area contributed by atoms with Crippen molar-refractivity contribution >= 4 is 5.82 Å². The molecular formula is C20H28N2O. The molecule has 0 amide bonds. The average molecular weight is 312 g/mol. The fourth-order valence-electron chi connectivity index (χ4n) is 2.66. The first kappa shape index (κ1) is 17.3. The minimum atomic E-state index is 0.190. The zero-order valence-electron chi connectivity index (χ0n) is 15.1. The Morgan fingerprint density at radius 1 is 1.00 bits per heavy atom. The summed E-state index contributed by atoms with van der Waals surface area (Å²) in [5.41, 5.74) is 3.64. The van der Waals surface area contributed by atoms with Gasteiger partial charge in [-0.15, -0.1) is 0 Å². The van der Waals surface area contributed by atoms with Crippen molar-refractivity contribution in [2.75, 3.05) is 5.32 Å². The maximum Gasteiger partial charge on any atom is 0.126 e. The lowest BCUT2D eigenvalue weighted by Crippen LogP contribution is -2.18. The van der Waals surface area contributed by atoms with Crippen molar-refractivity contribution < 1.29 is 4.74 Å². The molecule has 1 unspecified atom stereocenters. The number of hydrogen-bond donors (Lipinski definition) is 1. The first-order chi connectivity index (χ1) is 10.9. The van der Waals surface area contributed by atoms with E-state index in [-0.39, 0.29) is 12.1 Å². The number of nitrogens with zero attached hydrogens (tertiary/aromatic N) is 1. The smallest absolute Gasteiger partial charge is 0.126 e. The highest BCUT2D eigenvalue weighted by Crippen LogP contribution is 2.30. The van der Waals surface area contributed by atoms with Gasteiger partial charge in [0.1, 0.15) is 11.6 Å². The molecule has 3 nitrogen and oxygen atoms in total. The van der Waals surface area contributed by atoms with Crippen molar-refractivity contribution in [2.24, 2.45) is 5.92 Å². The van der Waals surface area contributed by atoms with Crippen LogP contribution in [0.25, 0.3) is 0 Å². The number of ether oxygens (including phenoxy) is 1. The SMILES string of the molecule is Cc1ccnc(NC(c2ccc(OC(C)C)c(C)c2)C(C)C)c1. The van der Waals surface area contributed by atoms with E-state index in [4.69, 9.17) is 4.74 Å². The lowest BCUT2D eigenvalue weighted by atomic mass is 9.94. The van der Waals surface area contributed by atoms with Gasteiger partial charge in [-0.1, -0.05) is 26.0 Å². The summed E-state index contributed by atoms with van der Waals surface area (Å²) in [6.45, 7) is 12.7. The second-order valence-corrected chi connectivity index (χ2v) is 6.78. The summed E-state index contributed by atoms with van der Waals surface area (Å²) in [6, 6.07) is 10.8. The van der Waals surface area contributed by atoms with Gasteiger partial charge in [-0.3, -0.25) is 0 Å². The van der Waals surface area contributed by atoms with Crippen LogP contribution in [0, 0.1) is 19.8 Å². The van der Waals surface area contributed by atoms with Gasteiger partial charge in [0.2, 0.25) is 0 Å². The number of nitrogens with one attached hydrogen (secondary N) is 1. The monoisotopic (exact) mass is 312 g/mol. The molecule has 0 spiro atoms. The van der Waals surface area contributed by atoms with E-state index >= 15 is 0 Å². The van der Waals surface area contributed by atoms with E-state index in [0.717, 1.165) is 11.6 Å². The molecule has 0 saturated heterocycles. The predicted octanol–water partition coefficient (Wildman–Crippen LogP) is 5.29. The van der Waals surface area contributed by atoms with Gasteiger partial charge >= 0.3 is 0 Å². The van der Waals surface area contributed by atoms with Gasteiger partial charge in [0.15, 0.2) is 0 Å². The van der Waals surface area contributed by atoms with E-state index in [9.17, 15) is 0 Å². The van der Waals surface area contributed by atoms with E-state index in [1.807, 2.05) is 12.3 Å². The van der Waals surface area contributed by atoms with Crippen molar-refractivity contribution in [3.05, 3.63) is 53.2 Å². The molecule has 2 aromatic rings. The molecule has 1 N–H and O–H groups in total. The summed E-state index contributed by atoms with van der Waals surface area (Å²) in [6.07, 6.45) is 2.04. The molecule has 1 aromatic heterocycles. The molecule has 0 radical (unpaired) electrons. The third-order valence-corrected chi connectivity index (χ3v) is 3.81. The summed E-state index contributed by atoms with van der Waals surface area (Å²) in [5.74, 6) is 2.33. The molecule has 23 heavy (non-hydrogen) atoms. The van der Waals surface area contributed by atoms with Crippen molar-refractivity contribution in [2.45, 2.75) is 53.7 Å². The second kappa shape index (κ2) is 7.49. The number of pyridine rings is 1. The molecule has 3 heteroatoms. The largest absolute Gasteiger partial charge is 0.491 e. The number of benzene rings is 1. The highest BCUT2D eigenvalue weighted by molar-refractivity contribution is 5.43. The molecule has 0 saturated carbocycles. The summed E-state index contributed by atoms with van der Waals surface area (Å²) in [7, 11) is 0. The lowest BCUT2D eigenvalue weighted by molar-refractivity contribution is 0.240. The Labute approximate surface area is 140 Å². The molecule has 1 atom stereocenters. The number of hydrogen-bond acceptors (Lipinski definition) is 3. The molecule has 0 bridgehead atoms. The zero-order chi connectivity index (χ0) is 17.0. The van der Waals surface area contributed by atoms with Crippen LogP contribution in [0.15, 0.2) is 36.5 Å². The highest BCUT2D eigenvalue weighted by Gasteiger charge is 2.17. The van der Waals surface area contributed by atoms with E-state index in [2.05, 4.69) is 76.1 Å². The first-order valence-electron chi connectivity index (χ1n) is 8.33. The van der Waals surface area contributed by atoms with Crippen LogP contribution in [0.2, 0.25) is 0 Å². The minimum Gasteiger partial charge on any atom is -0.491 e. The second-order valence-electron chi connectivity index (χ2n) is 6.78. The van der Waals surface area contributed by atoms with Crippen LogP contribution >= 0.6 is 0 Å². The van der Waals surface area contributed by atoms with Crippen LogP contribution in [0.4, 0.5) is 5.82 Å². The maximum absolute atomic E-state index is 5.84. The van der Waals surface area contributed by atoms with Gasteiger partial charge in [0.25, 0.3) is 0 Å². The Kier molecular flexibility index (Phi) is 5.64. The molecule has 0 aliphatic carbocycles. The zero-order valence-corrected chi connectivity index (χ0v) is 15.1. The number of aromatic nitrogens is 1. The van der Waals surface area contributed by atoms with Gasteiger partial charge in [0.05, 0.1) is 12.1 Å². The van der Waals surface area contributed by atoms with Crippen molar-refractivity contribution in [3.8, 4) is 5.75 Å². The molecule has 2 rings (SSSR count). The third-order valence-electron chi connectivity index (χ3n) is 3.81. The lowest BCUT2D eigenvalue weighted by Gasteiger charge is -2.25. The molecule has 0 fully saturated rings. The van der Waals surface area contributed by atoms with Gasteiger partial charge in [-0.2, -0.15) is 0 Å². The van der Waals surface area contributed by atoms with Crippen LogP contribution in [0.1, 0.15) is 50.4 Å². The Morgan fingerprint density at radius 3 is 2.30 bits per heavy atom. The number of anilines is 1. The quantitative estimate of drug-likeness (QED) is 0.786. The summed E-state index contributed by atoms with van der Waals surface area (Å²) in [4.78, 5) is 4.43. The third kappa shape index (κ3) is 4.72. The minimum absolute atomic E-state index is 0.190. The highest BCUT2D eigenvalue weighted by atomic mass is 16.5. The molecule has 124 valence electrons. The average Bonchev–Trinajstić information content (AvgIpc) is 2.46. The maximum atomic E-state index is 5.84. The van der Waals surface area contributed by atoms with Gasteiger partial charge in [0, 0.05) is 6.20 Å². The van der Waals surface area contributed by atoms with E-state index in [1.165, 1.54) is 16.7 Å². The van der Waals surface area contributed by atoms with Crippen LogP contribution in [0.3, 0.4) is 0 Å². The Balaban J connectivity index is 2.25. The van der Waals surface area contributed by atoms with Crippen LogP contribution in [0.5, 0.6) is 5.75 Å². The van der Waals surface area contributed by atoms with E-state index < -0.39 is 0 Å². The topological polar surface area (TPSA) is 34.2 Å². The Bertz CT molecular complexity index is 650. The molecule has 0 aliphatic heterocycles. The Morgan fingerprint density at radius 2 is 1.74 bits per heavy atom. The predicted molar refractivity (Wildman–Crippen MR) is 97.1 cm³/mol. The van der Waals surface area contributed by atoms with Crippen LogP contribution in [-0.2, 0) is 0 Å². The fourth-order valence-corrected chi connectivity index (χ4v) is 2.66.